The number of hydrogen-bond donors (Lipinski definition) is 1. The molecule has 20 heavy (non-hydrogen) atoms. The first-order valence-corrected chi connectivity index (χ1v) is 7.43. The number of rotatable bonds is 5. The molecule has 1 aliphatic heterocycles. The minimum atomic E-state index is 0.613. The van der Waals surface area contributed by atoms with Crippen LogP contribution >= 0.6 is 0 Å². The lowest BCUT2D eigenvalue weighted by atomic mass is 9.99. The monoisotopic (exact) mass is 275 g/mol. The van der Waals surface area contributed by atoms with Gasteiger partial charge in [0.25, 0.3) is 0 Å². The summed E-state index contributed by atoms with van der Waals surface area (Å²) in [7, 11) is 1.85. The zero-order chi connectivity index (χ0) is 14.2. The minimum absolute atomic E-state index is 0.613. The van der Waals surface area contributed by atoms with Crippen LogP contribution < -0.4 is 5.32 Å². The number of nitrogens with one attached hydrogen (secondary N) is 1. The molecule has 1 heterocycles. The van der Waals surface area contributed by atoms with Crippen molar-refractivity contribution in [2.75, 3.05) is 39.9 Å². The van der Waals surface area contributed by atoms with Crippen LogP contribution in [0.25, 0.3) is 0 Å². The first-order valence-electron chi connectivity index (χ1n) is 7.43. The predicted octanol–water partition coefficient (Wildman–Crippen LogP) is 2.09. The van der Waals surface area contributed by atoms with E-state index in [1.54, 1.807) is 0 Å². The lowest BCUT2D eigenvalue weighted by Gasteiger charge is -2.21. The van der Waals surface area contributed by atoms with Crippen molar-refractivity contribution in [1.82, 2.24) is 10.2 Å². The van der Waals surface area contributed by atoms with Gasteiger partial charge in [-0.1, -0.05) is 30.3 Å². The zero-order valence-corrected chi connectivity index (χ0v) is 12.5. The van der Waals surface area contributed by atoms with E-state index in [-0.39, 0.29) is 0 Å². The summed E-state index contributed by atoms with van der Waals surface area (Å²) >= 11 is 0. The van der Waals surface area contributed by atoms with Crippen LogP contribution in [0.1, 0.15) is 24.8 Å². The number of hydrogen-bond acceptors (Lipinski definition) is 2. The third-order valence-corrected chi connectivity index (χ3v) is 3.70. The molecule has 4 nitrogen and oxygen atoms in total. The average molecular weight is 275 g/mol. The number of nitrogens with zero attached hydrogens (tertiary/aromatic N) is 2. The van der Waals surface area contributed by atoms with E-state index in [4.69, 9.17) is 4.74 Å². The van der Waals surface area contributed by atoms with Crippen molar-refractivity contribution in [3.05, 3.63) is 35.9 Å². The number of aliphatic imine (C=N–C) groups is 1. The maximum Gasteiger partial charge on any atom is 0.193 e. The highest BCUT2D eigenvalue weighted by molar-refractivity contribution is 5.80. The molecule has 0 saturated carbocycles. The Morgan fingerprint density at radius 1 is 1.40 bits per heavy atom. The smallest absolute Gasteiger partial charge is 0.193 e. The highest BCUT2D eigenvalue weighted by atomic mass is 16.5. The molecule has 1 atom stereocenters. The Labute approximate surface area is 121 Å². The van der Waals surface area contributed by atoms with Crippen LogP contribution in [0, 0.1) is 0 Å². The molecule has 1 unspecified atom stereocenters. The summed E-state index contributed by atoms with van der Waals surface area (Å²) in [5.74, 6) is 1.60. The molecular weight excluding hydrogens is 250 g/mol. The normalized spacial score (nSPS) is 19.4. The van der Waals surface area contributed by atoms with Gasteiger partial charge in [0.2, 0.25) is 0 Å². The van der Waals surface area contributed by atoms with Crippen molar-refractivity contribution in [1.29, 1.82) is 0 Å². The topological polar surface area (TPSA) is 36.9 Å². The van der Waals surface area contributed by atoms with Crippen LogP contribution in [-0.2, 0) is 4.74 Å². The maximum atomic E-state index is 5.35. The summed E-state index contributed by atoms with van der Waals surface area (Å²) in [5.41, 5.74) is 1.43. The molecule has 0 amide bonds. The van der Waals surface area contributed by atoms with Gasteiger partial charge in [-0.15, -0.1) is 0 Å². The molecule has 0 aromatic heterocycles. The standard InChI is InChI=1S/C16H25N3O/c1-3-20-12-10-18-16(17-2)19-11-9-15(13-19)14-7-5-4-6-8-14/h4-8,15H,3,9-13H2,1-2H3,(H,17,18). The van der Waals surface area contributed by atoms with Gasteiger partial charge in [0.1, 0.15) is 0 Å². The Morgan fingerprint density at radius 3 is 2.90 bits per heavy atom. The van der Waals surface area contributed by atoms with Gasteiger partial charge >= 0.3 is 0 Å². The fraction of sp³-hybridized carbons (Fsp3) is 0.562. The minimum Gasteiger partial charge on any atom is -0.380 e. The number of likely N-dealkylation sites (tertiary alicyclic amines) is 1. The largest absolute Gasteiger partial charge is 0.380 e. The van der Waals surface area contributed by atoms with Crippen LogP contribution in [-0.4, -0.2) is 50.8 Å². The molecule has 0 bridgehead atoms. The molecule has 0 spiro atoms. The average Bonchev–Trinajstić information content (AvgIpc) is 2.98. The lowest BCUT2D eigenvalue weighted by molar-refractivity contribution is 0.152. The van der Waals surface area contributed by atoms with E-state index < -0.39 is 0 Å². The van der Waals surface area contributed by atoms with Crippen LogP contribution in [0.3, 0.4) is 0 Å². The first-order chi connectivity index (χ1) is 9.85. The molecule has 1 fully saturated rings. The molecule has 1 aliphatic rings. The second-order valence-electron chi connectivity index (χ2n) is 5.01. The van der Waals surface area contributed by atoms with E-state index >= 15 is 0 Å². The van der Waals surface area contributed by atoms with Gasteiger partial charge in [-0.2, -0.15) is 0 Å². The van der Waals surface area contributed by atoms with E-state index in [2.05, 4.69) is 45.5 Å². The van der Waals surface area contributed by atoms with E-state index in [1.807, 2.05) is 14.0 Å². The molecule has 0 aliphatic carbocycles. The predicted molar refractivity (Wildman–Crippen MR) is 83.2 cm³/mol. The number of guanidine groups is 1. The quantitative estimate of drug-likeness (QED) is 0.508. The zero-order valence-electron chi connectivity index (χ0n) is 12.5. The van der Waals surface area contributed by atoms with Gasteiger partial charge in [0.15, 0.2) is 5.96 Å². The molecule has 110 valence electrons. The van der Waals surface area contributed by atoms with Crippen LogP contribution in [0.2, 0.25) is 0 Å². The Hall–Kier alpha value is -1.55. The molecule has 1 N–H and O–H groups in total. The molecule has 1 saturated heterocycles. The fourth-order valence-electron chi connectivity index (χ4n) is 2.66. The van der Waals surface area contributed by atoms with Crippen molar-refractivity contribution >= 4 is 5.96 Å². The summed E-state index contributed by atoms with van der Waals surface area (Å²) in [6, 6.07) is 10.8. The van der Waals surface area contributed by atoms with Crippen LogP contribution in [0.15, 0.2) is 35.3 Å². The fourth-order valence-corrected chi connectivity index (χ4v) is 2.66. The van der Waals surface area contributed by atoms with Crippen molar-refractivity contribution in [3.8, 4) is 0 Å². The van der Waals surface area contributed by atoms with Gasteiger partial charge in [-0.05, 0) is 18.9 Å². The summed E-state index contributed by atoms with van der Waals surface area (Å²) in [4.78, 5) is 6.71. The Balaban J connectivity index is 1.84. The van der Waals surface area contributed by atoms with E-state index in [0.717, 1.165) is 38.8 Å². The van der Waals surface area contributed by atoms with Gasteiger partial charge < -0.3 is 15.0 Å². The SMILES string of the molecule is CCOCCNC(=NC)N1CCC(c2ccccc2)C1. The van der Waals surface area contributed by atoms with E-state index in [0.29, 0.717) is 5.92 Å². The van der Waals surface area contributed by atoms with Crippen molar-refractivity contribution in [2.45, 2.75) is 19.3 Å². The second-order valence-corrected chi connectivity index (χ2v) is 5.01. The molecule has 2 rings (SSSR count). The summed E-state index contributed by atoms with van der Waals surface area (Å²) in [6.45, 7) is 6.42. The molecule has 1 aromatic rings. The third kappa shape index (κ3) is 3.97. The van der Waals surface area contributed by atoms with Crippen LogP contribution in [0.4, 0.5) is 0 Å². The summed E-state index contributed by atoms with van der Waals surface area (Å²) in [5, 5.41) is 3.37. The van der Waals surface area contributed by atoms with E-state index in [9.17, 15) is 0 Å². The van der Waals surface area contributed by atoms with Crippen molar-refractivity contribution in [3.63, 3.8) is 0 Å². The number of benzene rings is 1. The number of ether oxygens (including phenoxy) is 1. The Kier molecular flexibility index (Phi) is 5.87. The second kappa shape index (κ2) is 7.90. The van der Waals surface area contributed by atoms with Gasteiger partial charge in [-0.3, -0.25) is 4.99 Å². The van der Waals surface area contributed by atoms with E-state index in [1.165, 1.54) is 12.0 Å². The van der Waals surface area contributed by atoms with Gasteiger partial charge in [0, 0.05) is 39.2 Å². The summed E-state index contributed by atoms with van der Waals surface area (Å²) in [6.07, 6.45) is 1.19. The molecule has 0 radical (unpaired) electrons. The molecular formula is C16H25N3O. The Bertz CT molecular complexity index is 419. The first kappa shape index (κ1) is 14.9. The molecule has 4 heteroatoms. The maximum absolute atomic E-state index is 5.35. The molecule has 1 aromatic carbocycles. The lowest BCUT2D eigenvalue weighted by Crippen LogP contribution is -2.41. The summed E-state index contributed by atoms with van der Waals surface area (Å²) < 4.78 is 5.35. The Morgan fingerprint density at radius 2 is 2.20 bits per heavy atom. The highest BCUT2D eigenvalue weighted by Crippen LogP contribution is 2.26. The van der Waals surface area contributed by atoms with Crippen LogP contribution in [0.5, 0.6) is 0 Å². The van der Waals surface area contributed by atoms with Gasteiger partial charge in [-0.25, -0.2) is 0 Å². The third-order valence-electron chi connectivity index (χ3n) is 3.70. The van der Waals surface area contributed by atoms with Crippen molar-refractivity contribution < 1.29 is 4.74 Å². The van der Waals surface area contributed by atoms with Gasteiger partial charge in [0.05, 0.1) is 6.61 Å². The van der Waals surface area contributed by atoms with Crippen molar-refractivity contribution in [2.24, 2.45) is 4.99 Å². The highest BCUT2D eigenvalue weighted by Gasteiger charge is 2.25.